The molecule has 0 bridgehead atoms. The van der Waals surface area contributed by atoms with Crippen molar-refractivity contribution in [2.75, 3.05) is 0 Å². The third-order valence-electron chi connectivity index (χ3n) is 3.34. The standard InChI is InChI=1S/C13H8N4O3S/c18-11-8(12-17(11)9(6-21-12)13(19)20)3-7-5-16-2-1-14-4-10(16)15-7/h1-6,12H,(H,19,20)/b8-3-. The molecule has 2 aliphatic rings. The Morgan fingerprint density at radius 2 is 2.33 bits per heavy atom. The Morgan fingerprint density at radius 3 is 3.10 bits per heavy atom. The maximum absolute atomic E-state index is 12.1. The minimum absolute atomic E-state index is 0.0337. The van der Waals surface area contributed by atoms with Crippen molar-refractivity contribution < 1.29 is 14.7 Å². The monoisotopic (exact) mass is 300 g/mol. The zero-order valence-corrected chi connectivity index (χ0v) is 11.3. The maximum Gasteiger partial charge on any atom is 0.353 e. The molecule has 0 spiro atoms. The van der Waals surface area contributed by atoms with Gasteiger partial charge in [-0.15, -0.1) is 11.8 Å². The number of carbonyl (C=O) groups is 2. The summed E-state index contributed by atoms with van der Waals surface area (Å²) >= 11 is 1.31. The van der Waals surface area contributed by atoms with Crippen LogP contribution >= 0.6 is 11.8 Å². The first-order chi connectivity index (χ1) is 10.1. The van der Waals surface area contributed by atoms with Crippen molar-refractivity contribution in [1.29, 1.82) is 0 Å². The zero-order valence-electron chi connectivity index (χ0n) is 10.5. The van der Waals surface area contributed by atoms with E-state index < -0.39 is 5.97 Å². The van der Waals surface area contributed by atoms with Crippen LogP contribution in [0.3, 0.4) is 0 Å². The van der Waals surface area contributed by atoms with Crippen molar-refractivity contribution >= 4 is 35.4 Å². The van der Waals surface area contributed by atoms with Crippen molar-refractivity contribution in [3.05, 3.63) is 47.2 Å². The van der Waals surface area contributed by atoms with Crippen LogP contribution < -0.4 is 0 Å². The molecule has 7 nitrogen and oxygen atoms in total. The zero-order chi connectivity index (χ0) is 14.6. The van der Waals surface area contributed by atoms with E-state index in [2.05, 4.69) is 9.97 Å². The Hall–Kier alpha value is -2.61. The lowest BCUT2D eigenvalue weighted by molar-refractivity contribution is -0.141. The number of hydrogen-bond acceptors (Lipinski definition) is 5. The number of imidazole rings is 1. The van der Waals surface area contributed by atoms with E-state index in [1.165, 1.54) is 22.1 Å². The van der Waals surface area contributed by atoms with Gasteiger partial charge in [0.05, 0.1) is 17.5 Å². The fourth-order valence-corrected chi connectivity index (χ4v) is 3.48. The van der Waals surface area contributed by atoms with E-state index in [9.17, 15) is 9.59 Å². The summed E-state index contributed by atoms with van der Waals surface area (Å²) in [5, 5.41) is 10.2. The normalized spacial score (nSPS) is 22.4. The third kappa shape index (κ3) is 1.69. The van der Waals surface area contributed by atoms with Crippen LogP contribution in [0.5, 0.6) is 0 Å². The van der Waals surface area contributed by atoms with Gasteiger partial charge >= 0.3 is 5.97 Å². The molecule has 4 heterocycles. The molecule has 1 atom stereocenters. The highest BCUT2D eigenvalue weighted by molar-refractivity contribution is 8.03. The second-order valence-corrected chi connectivity index (χ2v) is 5.53. The quantitative estimate of drug-likeness (QED) is 0.656. The largest absolute Gasteiger partial charge is 0.477 e. The topological polar surface area (TPSA) is 87.8 Å². The van der Waals surface area contributed by atoms with Gasteiger partial charge in [0.25, 0.3) is 5.91 Å². The summed E-state index contributed by atoms with van der Waals surface area (Å²) in [5.74, 6) is -1.37. The van der Waals surface area contributed by atoms with Crippen LogP contribution in [0, 0.1) is 0 Å². The Bertz CT molecular complexity index is 821. The highest BCUT2D eigenvalue weighted by atomic mass is 32.2. The van der Waals surface area contributed by atoms with Crippen molar-refractivity contribution in [1.82, 2.24) is 19.3 Å². The molecular formula is C13H8N4O3S. The van der Waals surface area contributed by atoms with E-state index in [4.69, 9.17) is 5.11 Å². The fourth-order valence-electron chi connectivity index (χ4n) is 2.36. The van der Waals surface area contributed by atoms with Crippen LogP contribution in [0.15, 0.2) is 41.5 Å². The summed E-state index contributed by atoms with van der Waals surface area (Å²) in [6.45, 7) is 0. The molecule has 0 aromatic carbocycles. The summed E-state index contributed by atoms with van der Waals surface area (Å²) in [4.78, 5) is 32.7. The van der Waals surface area contributed by atoms with Crippen molar-refractivity contribution in [3.63, 3.8) is 0 Å². The number of thioether (sulfide) groups is 1. The SMILES string of the molecule is O=C(O)C1=CSC2/C(=C\c3cn4ccncc4n3)C(=O)N12. The van der Waals surface area contributed by atoms with Gasteiger partial charge in [0, 0.05) is 24.0 Å². The van der Waals surface area contributed by atoms with Gasteiger partial charge in [-0.3, -0.25) is 14.7 Å². The third-order valence-corrected chi connectivity index (χ3v) is 4.42. The van der Waals surface area contributed by atoms with Crippen LogP contribution in [0.1, 0.15) is 5.69 Å². The summed E-state index contributed by atoms with van der Waals surface area (Å²) < 4.78 is 1.81. The van der Waals surface area contributed by atoms with E-state index >= 15 is 0 Å². The fraction of sp³-hybridized carbons (Fsp3) is 0.0769. The van der Waals surface area contributed by atoms with Gasteiger partial charge in [0.15, 0.2) is 5.65 Å². The molecule has 2 aromatic heterocycles. The number of rotatable bonds is 2. The predicted octanol–water partition coefficient (Wildman–Crippen LogP) is 0.954. The number of nitrogens with zero attached hydrogens (tertiary/aromatic N) is 4. The molecule has 21 heavy (non-hydrogen) atoms. The Balaban J connectivity index is 1.67. The van der Waals surface area contributed by atoms with Gasteiger partial charge in [-0.25, -0.2) is 9.78 Å². The lowest BCUT2D eigenvalue weighted by Gasteiger charge is -2.36. The molecule has 1 amide bonds. The first-order valence-corrected chi connectivity index (χ1v) is 7.02. The molecule has 4 rings (SSSR count). The number of carboxylic acid groups (broad SMARTS) is 1. The average molecular weight is 300 g/mol. The molecular weight excluding hydrogens is 292 g/mol. The minimum Gasteiger partial charge on any atom is -0.477 e. The summed E-state index contributed by atoms with van der Waals surface area (Å²) in [7, 11) is 0. The first-order valence-electron chi connectivity index (χ1n) is 6.08. The van der Waals surface area contributed by atoms with Crippen LogP contribution in [-0.4, -0.2) is 41.6 Å². The molecule has 1 saturated heterocycles. The van der Waals surface area contributed by atoms with Gasteiger partial charge in [-0.2, -0.15) is 0 Å². The molecule has 0 aliphatic carbocycles. The molecule has 8 heteroatoms. The molecule has 1 N–H and O–H groups in total. The molecule has 2 aliphatic heterocycles. The summed E-state index contributed by atoms with van der Waals surface area (Å²) in [6.07, 6.45) is 8.55. The number of hydrogen-bond donors (Lipinski definition) is 1. The van der Waals surface area contributed by atoms with Crippen molar-refractivity contribution in [2.24, 2.45) is 0 Å². The molecule has 0 saturated carbocycles. The Morgan fingerprint density at radius 1 is 1.48 bits per heavy atom. The van der Waals surface area contributed by atoms with Crippen LogP contribution in [0.2, 0.25) is 0 Å². The number of amides is 1. The van der Waals surface area contributed by atoms with Crippen LogP contribution in [-0.2, 0) is 9.59 Å². The van der Waals surface area contributed by atoms with E-state index in [1.807, 2.05) is 4.40 Å². The van der Waals surface area contributed by atoms with E-state index in [-0.39, 0.29) is 17.0 Å². The number of aromatic nitrogens is 3. The second-order valence-electron chi connectivity index (χ2n) is 4.58. The van der Waals surface area contributed by atoms with Gasteiger partial charge in [0.1, 0.15) is 11.1 Å². The highest BCUT2D eigenvalue weighted by Crippen LogP contribution is 2.44. The Labute approximate surface area is 122 Å². The van der Waals surface area contributed by atoms with Gasteiger partial charge < -0.3 is 9.51 Å². The van der Waals surface area contributed by atoms with E-state index in [0.717, 1.165) is 0 Å². The number of carboxylic acids is 1. The lowest BCUT2D eigenvalue weighted by Crippen LogP contribution is -2.51. The summed E-state index contributed by atoms with van der Waals surface area (Å²) in [6, 6.07) is 0. The summed E-state index contributed by atoms with van der Waals surface area (Å²) in [5.41, 5.74) is 1.93. The maximum atomic E-state index is 12.1. The predicted molar refractivity (Wildman–Crippen MR) is 74.9 cm³/mol. The molecule has 1 unspecified atom stereocenters. The second kappa shape index (κ2) is 4.19. The number of fused-ring (bicyclic) bond motifs is 2. The number of carbonyl (C=O) groups excluding carboxylic acids is 1. The van der Waals surface area contributed by atoms with E-state index in [0.29, 0.717) is 16.9 Å². The molecule has 2 aromatic rings. The Kier molecular flexibility index (Phi) is 2.43. The van der Waals surface area contributed by atoms with E-state index in [1.54, 1.807) is 30.9 Å². The van der Waals surface area contributed by atoms with Gasteiger partial charge in [-0.1, -0.05) is 0 Å². The van der Waals surface area contributed by atoms with Crippen molar-refractivity contribution in [3.8, 4) is 0 Å². The molecule has 104 valence electrons. The number of aliphatic carboxylic acids is 1. The average Bonchev–Trinajstić information content (AvgIpc) is 3.05. The van der Waals surface area contributed by atoms with Gasteiger partial charge in [0.2, 0.25) is 0 Å². The molecule has 1 fully saturated rings. The lowest BCUT2D eigenvalue weighted by atomic mass is 10.0. The molecule has 0 radical (unpaired) electrons. The van der Waals surface area contributed by atoms with Gasteiger partial charge in [-0.05, 0) is 6.08 Å². The highest BCUT2D eigenvalue weighted by Gasteiger charge is 2.49. The number of β-lactam (4-membered cyclic amide) rings is 1. The van der Waals surface area contributed by atoms with Crippen LogP contribution in [0.4, 0.5) is 0 Å². The van der Waals surface area contributed by atoms with Crippen molar-refractivity contribution in [2.45, 2.75) is 5.37 Å². The first kappa shape index (κ1) is 12.2. The minimum atomic E-state index is -1.09. The smallest absolute Gasteiger partial charge is 0.353 e. The van der Waals surface area contributed by atoms with Crippen LogP contribution in [0.25, 0.3) is 11.7 Å².